The van der Waals surface area contributed by atoms with E-state index in [-0.39, 0.29) is 12.7 Å². The molecule has 0 fully saturated rings. The van der Waals surface area contributed by atoms with Crippen LogP contribution in [0.1, 0.15) is 42.7 Å². The van der Waals surface area contributed by atoms with Gasteiger partial charge in [0.25, 0.3) is 0 Å². The number of ether oxygens (including phenoxy) is 4. The van der Waals surface area contributed by atoms with Crippen LogP contribution >= 0.6 is 23.2 Å². The van der Waals surface area contributed by atoms with Crippen LogP contribution in [-0.2, 0) is 16.1 Å². The van der Waals surface area contributed by atoms with Crippen LogP contribution in [0, 0.1) is 0 Å². The number of unbranched alkanes of at least 4 members (excludes halogenated alkanes) is 1. The SMILES string of the molecule is CCCCOCC1COc2ccc(C(OCc3cc(Cl)ccc3Cl)c3ccccn3)cc2O1. The minimum absolute atomic E-state index is 0.149. The molecule has 2 atom stereocenters. The largest absolute Gasteiger partial charge is 0.486 e. The quantitative estimate of drug-likeness (QED) is 0.299. The molecule has 2 aromatic carbocycles. The van der Waals surface area contributed by atoms with Crippen LogP contribution in [0.15, 0.2) is 60.8 Å². The zero-order valence-corrected chi connectivity index (χ0v) is 20.0. The molecule has 33 heavy (non-hydrogen) atoms. The summed E-state index contributed by atoms with van der Waals surface area (Å²) in [4.78, 5) is 4.52. The predicted molar refractivity (Wildman–Crippen MR) is 129 cm³/mol. The maximum absolute atomic E-state index is 6.34. The smallest absolute Gasteiger partial charge is 0.162 e. The normalized spacial score (nSPS) is 15.9. The third kappa shape index (κ3) is 6.39. The lowest BCUT2D eigenvalue weighted by molar-refractivity contribution is 0.00762. The van der Waals surface area contributed by atoms with Crippen molar-refractivity contribution < 1.29 is 18.9 Å². The summed E-state index contributed by atoms with van der Waals surface area (Å²) in [5.41, 5.74) is 2.50. The highest BCUT2D eigenvalue weighted by molar-refractivity contribution is 6.33. The molecule has 1 aliphatic rings. The molecule has 2 unspecified atom stereocenters. The van der Waals surface area contributed by atoms with E-state index in [1.54, 1.807) is 18.3 Å². The van der Waals surface area contributed by atoms with Gasteiger partial charge in [0.05, 0.1) is 18.9 Å². The second-order valence-corrected chi connectivity index (χ2v) is 8.71. The number of halogens is 2. The Hall–Kier alpha value is -2.31. The van der Waals surface area contributed by atoms with Gasteiger partial charge in [0.15, 0.2) is 17.6 Å². The van der Waals surface area contributed by atoms with Crippen molar-refractivity contribution in [2.75, 3.05) is 19.8 Å². The van der Waals surface area contributed by atoms with E-state index in [1.807, 2.05) is 42.5 Å². The van der Waals surface area contributed by atoms with Gasteiger partial charge in [-0.25, -0.2) is 0 Å². The molecule has 1 aliphatic heterocycles. The van der Waals surface area contributed by atoms with E-state index in [0.717, 1.165) is 36.3 Å². The lowest BCUT2D eigenvalue weighted by Gasteiger charge is -2.28. The van der Waals surface area contributed by atoms with Crippen LogP contribution in [0.5, 0.6) is 11.5 Å². The number of hydrogen-bond acceptors (Lipinski definition) is 5. The molecule has 1 aromatic heterocycles. The van der Waals surface area contributed by atoms with Crippen molar-refractivity contribution in [3.05, 3.63) is 87.7 Å². The minimum Gasteiger partial charge on any atom is -0.486 e. The Labute approximate surface area is 204 Å². The molecular formula is C26H27Cl2NO4. The lowest BCUT2D eigenvalue weighted by atomic mass is 10.0. The van der Waals surface area contributed by atoms with E-state index >= 15 is 0 Å². The fourth-order valence-electron chi connectivity index (χ4n) is 3.55. The summed E-state index contributed by atoms with van der Waals surface area (Å²) < 4.78 is 24.1. The van der Waals surface area contributed by atoms with Crippen LogP contribution < -0.4 is 9.47 Å². The van der Waals surface area contributed by atoms with Gasteiger partial charge in [-0.2, -0.15) is 0 Å². The van der Waals surface area contributed by atoms with Crippen LogP contribution in [0.4, 0.5) is 0 Å². The molecule has 0 spiro atoms. The monoisotopic (exact) mass is 487 g/mol. The number of rotatable bonds is 10. The highest BCUT2D eigenvalue weighted by Gasteiger charge is 2.24. The van der Waals surface area contributed by atoms with Crippen LogP contribution in [-0.4, -0.2) is 30.9 Å². The van der Waals surface area contributed by atoms with Gasteiger partial charge in [-0.1, -0.05) is 48.7 Å². The molecule has 2 heterocycles. The van der Waals surface area contributed by atoms with Gasteiger partial charge in [0.2, 0.25) is 0 Å². The lowest BCUT2D eigenvalue weighted by Crippen LogP contribution is -2.33. The summed E-state index contributed by atoms with van der Waals surface area (Å²) in [6, 6.07) is 16.9. The summed E-state index contributed by atoms with van der Waals surface area (Å²) in [5, 5.41) is 1.21. The average molecular weight is 488 g/mol. The zero-order chi connectivity index (χ0) is 23.0. The maximum Gasteiger partial charge on any atom is 0.162 e. The molecule has 0 bridgehead atoms. The molecule has 4 rings (SSSR count). The van der Waals surface area contributed by atoms with Crippen molar-refractivity contribution >= 4 is 23.2 Å². The van der Waals surface area contributed by atoms with E-state index in [4.69, 9.17) is 42.1 Å². The van der Waals surface area contributed by atoms with E-state index in [0.29, 0.717) is 34.8 Å². The van der Waals surface area contributed by atoms with Crippen molar-refractivity contribution in [2.45, 2.75) is 38.6 Å². The van der Waals surface area contributed by atoms with Crippen molar-refractivity contribution in [2.24, 2.45) is 0 Å². The first-order valence-electron chi connectivity index (χ1n) is 11.1. The van der Waals surface area contributed by atoms with Crippen molar-refractivity contribution in [3.63, 3.8) is 0 Å². The molecular weight excluding hydrogens is 461 g/mol. The molecule has 5 nitrogen and oxygen atoms in total. The fraction of sp³-hybridized carbons (Fsp3) is 0.346. The standard InChI is InChI=1S/C26H27Cl2NO4/c1-2-3-12-30-16-21-17-31-24-10-7-18(14-25(24)33-21)26(23-6-4-5-11-29-23)32-15-19-13-20(27)8-9-22(19)28/h4-11,13-14,21,26H,2-3,12,15-17H2,1H3. The number of nitrogens with zero attached hydrogens (tertiary/aromatic N) is 1. The number of hydrogen-bond donors (Lipinski definition) is 0. The maximum atomic E-state index is 6.34. The first-order chi connectivity index (χ1) is 16.1. The Morgan fingerprint density at radius 3 is 2.82 bits per heavy atom. The minimum atomic E-state index is -0.420. The van der Waals surface area contributed by atoms with Crippen LogP contribution in [0.25, 0.3) is 0 Å². The van der Waals surface area contributed by atoms with Gasteiger partial charge in [-0.05, 0) is 60.0 Å². The van der Waals surface area contributed by atoms with E-state index in [2.05, 4.69) is 11.9 Å². The number of aromatic nitrogens is 1. The van der Waals surface area contributed by atoms with Crippen molar-refractivity contribution in [3.8, 4) is 11.5 Å². The second kappa shape index (κ2) is 11.7. The van der Waals surface area contributed by atoms with E-state index in [9.17, 15) is 0 Å². The molecule has 0 saturated heterocycles. The molecule has 0 amide bonds. The van der Waals surface area contributed by atoms with Crippen molar-refractivity contribution in [1.82, 2.24) is 4.98 Å². The first kappa shape index (κ1) is 23.8. The van der Waals surface area contributed by atoms with Crippen molar-refractivity contribution in [1.29, 1.82) is 0 Å². The Morgan fingerprint density at radius 2 is 2.00 bits per heavy atom. The first-order valence-corrected chi connectivity index (χ1v) is 11.9. The number of benzene rings is 2. The molecule has 3 aromatic rings. The fourth-order valence-corrected chi connectivity index (χ4v) is 3.92. The van der Waals surface area contributed by atoms with Gasteiger partial charge < -0.3 is 18.9 Å². The van der Waals surface area contributed by atoms with E-state index in [1.165, 1.54) is 0 Å². The summed E-state index contributed by atoms with van der Waals surface area (Å²) in [5.74, 6) is 1.38. The topological polar surface area (TPSA) is 49.8 Å². The summed E-state index contributed by atoms with van der Waals surface area (Å²) >= 11 is 12.5. The second-order valence-electron chi connectivity index (χ2n) is 7.87. The Morgan fingerprint density at radius 1 is 1.09 bits per heavy atom. The molecule has 0 saturated carbocycles. The molecule has 7 heteroatoms. The number of fused-ring (bicyclic) bond motifs is 1. The Kier molecular flexibility index (Phi) is 8.46. The highest BCUT2D eigenvalue weighted by Crippen LogP contribution is 2.37. The van der Waals surface area contributed by atoms with Gasteiger partial charge in [0, 0.05) is 22.8 Å². The summed E-state index contributed by atoms with van der Waals surface area (Å²) in [6.45, 7) is 4.11. The number of pyridine rings is 1. The van der Waals surface area contributed by atoms with E-state index < -0.39 is 6.10 Å². The van der Waals surface area contributed by atoms with Crippen LogP contribution in [0.3, 0.4) is 0 Å². The molecule has 0 N–H and O–H groups in total. The Balaban J connectivity index is 1.53. The zero-order valence-electron chi connectivity index (χ0n) is 18.5. The van der Waals surface area contributed by atoms with Gasteiger partial charge in [-0.15, -0.1) is 0 Å². The molecule has 0 radical (unpaired) electrons. The van der Waals surface area contributed by atoms with Gasteiger partial charge in [-0.3, -0.25) is 4.98 Å². The molecule has 174 valence electrons. The Bertz CT molecular complexity index is 1050. The third-order valence-electron chi connectivity index (χ3n) is 5.30. The van der Waals surface area contributed by atoms with Gasteiger partial charge >= 0.3 is 0 Å². The summed E-state index contributed by atoms with van der Waals surface area (Å²) in [7, 11) is 0. The summed E-state index contributed by atoms with van der Waals surface area (Å²) in [6.07, 6.45) is 3.32. The molecule has 0 aliphatic carbocycles. The third-order valence-corrected chi connectivity index (χ3v) is 5.91. The highest BCUT2D eigenvalue weighted by atomic mass is 35.5. The van der Waals surface area contributed by atoms with Gasteiger partial charge in [0.1, 0.15) is 12.7 Å². The average Bonchev–Trinajstić information content (AvgIpc) is 2.84. The predicted octanol–water partition coefficient (Wildman–Crippen LogP) is 6.65. The van der Waals surface area contributed by atoms with Crippen LogP contribution in [0.2, 0.25) is 10.0 Å².